The maximum Gasteiger partial charge on any atom is 0.184 e. The molecule has 0 aliphatic heterocycles. The topological polar surface area (TPSA) is 67.5 Å². The van der Waals surface area contributed by atoms with Gasteiger partial charge in [-0.3, -0.25) is 4.98 Å². The Morgan fingerprint density at radius 1 is 1.25 bits per heavy atom. The molecule has 0 spiro atoms. The van der Waals surface area contributed by atoms with Crippen molar-refractivity contribution < 1.29 is 0 Å². The molecule has 0 saturated heterocycles. The Bertz CT molecular complexity index is 1200. The van der Waals surface area contributed by atoms with E-state index in [1.165, 1.54) is 0 Å². The van der Waals surface area contributed by atoms with Crippen LogP contribution in [-0.2, 0) is 6.54 Å². The quantitative estimate of drug-likeness (QED) is 0.369. The van der Waals surface area contributed by atoms with Crippen LogP contribution in [0.1, 0.15) is 11.1 Å². The highest BCUT2D eigenvalue weighted by Crippen LogP contribution is 2.31. The van der Waals surface area contributed by atoms with Crippen LogP contribution in [0.4, 0.5) is 11.5 Å². The Labute approximate surface area is 171 Å². The molecular formula is C20H15ClN6S. The Morgan fingerprint density at radius 2 is 2.07 bits per heavy atom. The first kappa shape index (κ1) is 18.3. The van der Waals surface area contributed by atoms with Gasteiger partial charge in [-0.05, 0) is 48.5 Å². The molecule has 1 aromatic carbocycles. The zero-order valence-electron chi connectivity index (χ0n) is 14.9. The van der Waals surface area contributed by atoms with Crippen molar-refractivity contribution in [1.29, 1.82) is 0 Å². The predicted molar refractivity (Wildman–Crippen MR) is 114 cm³/mol. The molecular weight excluding hydrogens is 392 g/mol. The van der Waals surface area contributed by atoms with E-state index in [-0.39, 0.29) is 0 Å². The third-order valence-corrected chi connectivity index (χ3v) is 4.89. The summed E-state index contributed by atoms with van der Waals surface area (Å²) >= 11 is 11.1. The summed E-state index contributed by atoms with van der Waals surface area (Å²) in [5, 5.41) is 10.9. The van der Waals surface area contributed by atoms with Gasteiger partial charge in [0.05, 0.1) is 17.1 Å². The van der Waals surface area contributed by atoms with E-state index in [9.17, 15) is 0 Å². The van der Waals surface area contributed by atoms with Crippen LogP contribution in [-0.4, -0.2) is 24.7 Å². The largest absolute Gasteiger partial charge is 0.366 e. The van der Waals surface area contributed by atoms with Gasteiger partial charge in [-0.1, -0.05) is 23.7 Å². The van der Waals surface area contributed by atoms with Crippen molar-refractivity contribution in [3.05, 3.63) is 71.1 Å². The van der Waals surface area contributed by atoms with Crippen LogP contribution in [0.15, 0.2) is 60.0 Å². The molecule has 3 heterocycles. The first-order chi connectivity index (χ1) is 13.7. The maximum absolute atomic E-state index is 6.31. The zero-order valence-corrected chi connectivity index (χ0v) is 16.5. The highest BCUT2D eigenvalue weighted by molar-refractivity contribution is 7.78. The maximum atomic E-state index is 6.31. The Hall–Kier alpha value is -3.12. The average Bonchev–Trinajstić information content (AvgIpc) is 3.12. The molecule has 6 nitrogen and oxygen atoms in total. The second kappa shape index (κ2) is 7.86. The molecule has 0 aliphatic rings. The van der Waals surface area contributed by atoms with Crippen molar-refractivity contribution in [3.63, 3.8) is 0 Å². The van der Waals surface area contributed by atoms with Crippen LogP contribution in [0.25, 0.3) is 16.9 Å². The molecule has 0 amide bonds. The molecule has 0 radical (unpaired) electrons. The molecule has 8 heteroatoms. The highest BCUT2D eigenvalue weighted by atomic mass is 35.5. The summed E-state index contributed by atoms with van der Waals surface area (Å²) in [7, 11) is 0. The Morgan fingerprint density at radius 3 is 2.86 bits per heavy atom. The zero-order chi connectivity index (χ0) is 19.5. The van der Waals surface area contributed by atoms with Crippen LogP contribution in [0.3, 0.4) is 0 Å². The van der Waals surface area contributed by atoms with Gasteiger partial charge in [-0.2, -0.15) is 14.6 Å². The lowest BCUT2D eigenvalue weighted by atomic mass is 10.1. The summed E-state index contributed by atoms with van der Waals surface area (Å²) in [5.41, 5.74) is 4.92. The number of rotatable bonds is 5. The van der Waals surface area contributed by atoms with E-state index >= 15 is 0 Å². The molecule has 28 heavy (non-hydrogen) atoms. The molecule has 0 bridgehead atoms. The third kappa shape index (κ3) is 3.51. The van der Waals surface area contributed by atoms with Crippen LogP contribution in [0.2, 0.25) is 5.02 Å². The molecule has 138 valence electrons. The van der Waals surface area contributed by atoms with Crippen molar-refractivity contribution >= 4 is 46.1 Å². The van der Waals surface area contributed by atoms with Gasteiger partial charge >= 0.3 is 0 Å². The lowest BCUT2D eigenvalue weighted by Gasteiger charge is -2.12. The van der Waals surface area contributed by atoms with Gasteiger partial charge in [0.15, 0.2) is 5.65 Å². The predicted octanol–water partition coefficient (Wildman–Crippen LogP) is 5.10. The standard InChI is InChI=1S/C20H15ClN6S/c1-13-15(3-2-4-16(13)21)17-9-19(23-10-14-5-7-22-8-6-14)27-20(26-17)18(11-25-27)24-12-28/h2-9,11,23H,10H2,1H3. The average molecular weight is 407 g/mol. The number of aliphatic imine (C=N–C) groups is 1. The van der Waals surface area contributed by atoms with Gasteiger partial charge in [-0.25, -0.2) is 4.98 Å². The number of anilines is 1. The summed E-state index contributed by atoms with van der Waals surface area (Å²) in [4.78, 5) is 12.9. The number of nitrogens with one attached hydrogen (secondary N) is 1. The van der Waals surface area contributed by atoms with Crippen molar-refractivity contribution in [2.24, 2.45) is 4.99 Å². The van der Waals surface area contributed by atoms with Crippen LogP contribution >= 0.6 is 23.8 Å². The molecule has 4 aromatic rings. The van der Waals surface area contributed by atoms with E-state index < -0.39 is 0 Å². The summed E-state index contributed by atoms with van der Waals surface area (Å²) < 4.78 is 1.70. The minimum absolute atomic E-state index is 0.559. The minimum Gasteiger partial charge on any atom is -0.366 e. The molecule has 4 rings (SSSR count). The fourth-order valence-electron chi connectivity index (χ4n) is 2.92. The Balaban J connectivity index is 1.85. The normalized spacial score (nSPS) is 10.6. The van der Waals surface area contributed by atoms with E-state index in [1.807, 2.05) is 43.3 Å². The highest BCUT2D eigenvalue weighted by Gasteiger charge is 2.14. The SMILES string of the molecule is Cc1c(Cl)cccc1-c1cc(NCc2ccncc2)n2ncc(N=C=S)c2n1. The molecule has 0 aliphatic carbocycles. The second-order valence-corrected chi connectivity index (χ2v) is 6.71. The van der Waals surface area contributed by atoms with Crippen LogP contribution in [0.5, 0.6) is 0 Å². The minimum atomic E-state index is 0.559. The fraction of sp³-hybridized carbons (Fsp3) is 0.100. The smallest absolute Gasteiger partial charge is 0.184 e. The van der Waals surface area contributed by atoms with Crippen LogP contribution in [0, 0.1) is 6.92 Å². The van der Waals surface area contributed by atoms with E-state index in [2.05, 4.69) is 25.6 Å². The lowest BCUT2D eigenvalue weighted by molar-refractivity contribution is 0.926. The van der Waals surface area contributed by atoms with E-state index in [0.29, 0.717) is 22.9 Å². The number of halogens is 1. The van der Waals surface area contributed by atoms with Crippen molar-refractivity contribution in [1.82, 2.24) is 19.6 Å². The molecule has 0 atom stereocenters. The summed E-state index contributed by atoms with van der Waals surface area (Å²) in [6.07, 6.45) is 5.15. The first-order valence-corrected chi connectivity index (χ1v) is 9.31. The number of hydrogen-bond donors (Lipinski definition) is 1. The van der Waals surface area contributed by atoms with Gasteiger partial charge < -0.3 is 5.32 Å². The van der Waals surface area contributed by atoms with Crippen molar-refractivity contribution in [2.75, 3.05) is 5.32 Å². The number of fused-ring (bicyclic) bond motifs is 1. The van der Waals surface area contributed by atoms with Crippen molar-refractivity contribution in [3.8, 4) is 11.3 Å². The summed E-state index contributed by atoms with van der Waals surface area (Å²) in [6.45, 7) is 2.58. The van der Waals surface area contributed by atoms with Gasteiger partial charge in [-0.15, -0.1) is 0 Å². The lowest BCUT2D eigenvalue weighted by Crippen LogP contribution is -2.07. The third-order valence-electron chi connectivity index (χ3n) is 4.39. The van der Waals surface area contributed by atoms with Gasteiger partial charge in [0.25, 0.3) is 0 Å². The van der Waals surface area contributed by atoms with E-state index in [0.717, 1.165) is 28.2 Å². The second-order valence-electron chi connectivity index (χ2n) is 6.12. The number of pyridine rings is 1. The molecule has 0 unspecified atom stereocenters. The Kier molecular flexibility index (Phi) is 5.12. The number of hydrogen-bond acceptors (Lipinski definition) is 6. The van der Waals surface area contributed by atoms with Gasteiger partial charge in [0, 0.05) is 35.6 Å². The monoisotopic (exact) mass is 406 g/mol. The fourth-order valence-corrected chi connectivity index (χ4v) is 3.19. The molecule has 0 fully saturated rings. The van der Waals surface area contributed by atoms with E-state index in [4.69, 9.17) is 28.8 Å². The number of benzene rings is 1. The number of nitrogens with zero attached hydrogens (tertiary/aromatic N) is 5. The van der Waals surface area contributed by atoms with Crippen molar-refractivity contribution in [2.45, 2.75) is 13.5 Å². The van der Waals surface area contributed by atoms with Gasteiger partial charge in [0.1, 0.15) is 11.5 Å². The summed E-state index contributed by atoms with van der Waals surface area (Å²) in [6, 6.07) is 11.6. The number of thiocarbonyl (C=S) groups is 1. The first-order valence-electron chi connectivity index (χ1n) is 8.52. The summed E-state index contributed by atoms with van der Waals surface area (Å²) in [5.74, 6) is 0.780. The van der Waals surface area contributed by atoms with Gasteiger partial charge in [0.2, 0.25) is 0 Å². The van der Waals surface area contributed by atoms with E-state index in [1.54, 1.807) is 23.1 Å². The number of aromatic nitrogens is 4. The molecule has 3 aromatic heterocycles. The molecule has 0 saturated carbocycles. The van der Waals surface area contributed by atoms with Crippen LogP contribution < -0.4 is 5.32 Å². The molecule has 1 N–H and O–H groups in total. The number of isothiocyanates is 1.